The van der Waals surface area contributed by atoms with Crippen molar-refractivity contribution in [3.63, 3.8) is 0 Å². The number of halogens is 1. The molecule has 1 fully saturated rings. The molecule has 3 aromatic heterocycles. The summed E-state index contributed by atoms with van der Waals surface area (Å²) in [7, 11) is -3.44. The Morgan fingerprint density at radius 3 is 3.00 bits per heavy atom. The van der Waals surface area contributed by atoms with Crippen LogP contribution >= 0.6 is 0 Å². The van der Waals surface area contributed by atoms with Crippen LogP contribution in [0.5, 0.6) is 0 Å². The highest BCUT2D eigenvalue weighted by Crippen LogP contribution is 2.40. The molecule has 4 rings (SSSR count). The van der Waals surface area contributed by atoms with Crippen molar-refractivity contribution in [2.24, 2.45) is 5.92 Å². The van der Waals surface area contributed by atoms with Crippen molar-refractivity contribution in [1.82, 2.24) is 24.1 Å². The number of imidazole rings is 1. The molecule has 3 atom stereocenters. The Kier molecular flexibility index (Phi) is 4.44. The molecule has 0 saturated heterocycles. The molecule has 1 aliphatic carbocycles. The molecule has 0 radical (unpaired) electrons. The standard InChI is InChI=1S/C17H22FN5O2S/c1-11-7-12(22-26(24,25)6-2-4-18)8-13(11)15-9-20-16-10-21-17-14(23(15)16)3-5-19-17/h3,5,9-13,19,22H,2,4,6-8H2,1H3/t11-,12+,13+/m1/s1. The van der Waals surface area contributed by atoms with Gasteiger partial charge in [0.1, 0.15) is 0 Å². The maximum atomic E-state index is 12.3. The number of aromatic amines is 1. The third-order valence-corrected chi connectivity index (χ3v) is 6.74. The van der Waals surface area contributed by atoms with E-state index in [9.17, 15) is 12.8 Å². The molecule has 9 heteroatoms. The number of aromatic nitrogens is 4. The van der Waals surface area contributed by atoms with Crippen molar-refractivity contribution in [3.8, 4) is 0 Å². The third kappa shape index (κ3) is 3.09. The minimum Gasteiger partial charge on any atom is -0.345 e. The fourth-order valence-corrected chi connectivity index (χ4v) is 5.38. The lowest BCUT2D eigenvalue weighted by Gasteiger charge is -2.15. The normalized spacial score (nSPS) is 24.0. The Morgan fingerprint density at radius 2 is 2.19 bits per heavy atom. The number of hydrogen-bond donors (Lipinski definition) is 2. The van der Waals surface area contributed by atoms with Crippen LogP contribution in [0.3, 0.4) is 0 Å². The zero-order chi connectivity index (χ0) is 18.3. The molecule has 0 aliphatic heterocycles. The molecule has 3 heterocycles. The van der Waals surface area contributed by atoms with Crippen LogP contribution < -0.4 is 4.72 Å². The smallest absolute Gasteiger partial charge is 0.211 e. The van der Waals surface area contributed by atoms with Crippen LogP contribution in [-0.4, -0.2) is 46.2 Å². The van der Waals surface area contributed by atoms with E-state index in [0.717, 1.165) is 28.9 Å². The van der Waals surface area contributed by atoms with Gasteiger partial charge in [-0.05, 0) is 31.2 Å². The zero-order valence-electron chi connectivity index (χ0n) is 14.5. The largest absolute Gasteiger partial charge is 0.345 e. The first-order valence-corrected chi connectivity index (χ1v) is 10.5. The highest BCUT2D eigenvalue weighted by molar-refractivity contribution is 7.89. The Balaban J connectivity index is 1.61. The quantitative estimate of drug-likeness (QED) is 0.688. The summed E-state index contributed by atoms with van der Waals surface area (Å²) < 4.78 is 41.3. The van der Waals surface area contributed by atoms with E-state index in [-0.39, 0.29) is 24.1 Å². The maximum absolute atomic E-state index is 12.3. The Hall–Kier alpha value is -2.00. The number of hydrogen-bond acceptors (Lipinski definition) is 4. The van der Waals surface area contributed by atoms with Gasteiger partial charge in [-0.1, -0.05) is 6.92 Å². The summed E-state index contributed by atoms with van der Waals surface area (Å²) in [5, 5.41) is 0. The van der Waals surface area contributed by atoms with Gasteiger partial charge in [-0.15, -0.1) is 0 Å². The molecule has 140 valence electrons. The molecule has 7 nitrogen and oxygen atoms in total. The number of rotatable bonds is 6. The van der Waals surface area contributed by atoms with Gasteiger partial charge in [-0.2, -0.15) is 0 Å². The molecule has 1 aliphatic rings. The van der Waals surface area contributed by atoms with Crippen LogP contribution in [0.15, 0.2) is 24.7 Å². The molecule has 3 aromatic rings. The van der Waals surface area contributed by atoms with E-state index in [0.29, 0.717) is 12.3 Å². The minimum absolute atomic E-state index is 0.0345. The average Bonchev–Trinajstić information content (AvgIpc) is 3.29. The zero-order valence-corrected chi connectivity index (χ0v) is 15.3. The van der Waals surface area contributed by atoms with E-state index in [1.807, 2.05) is 18.5 Å². The van der Waals surface area contributed by atoms with Crippen molar-refractivity contribution in [2.45, 2.75) is 38.1 Å². The van der Waals surface area contributed by atoms with E-state index in [1.54, 1.807) is 6.20 Å². The Bertz CT molecular complexity index is 1030. The number of nitrogens with zero attached hydrogens (tertiary/aromatic N) is 3. The van der Waals surface area contributed by atoms with E-state index in [1.165, 1.54) is 0 Å². The van der Waals surface area contributed by atoms with Gasteiger partial charge >= 0.3 is 0 Å². The van der Waals surface area contributed by atoms with Crippen molar-refractivity contribution in [1.29, 1.82) is 0 Å². The summed E-state index contributed by atoms with van der Waals surface area (Å²) in [6.45, 7) is 1.52. The molecule has 26 heavy (non-hydrogen) atoms. The van der Waals surface area contributed by atoms with Gasteiger partial charge in [0.25, 0.3) is 0 Å². The van der Waals surface area contributed by atoms with Crippen LogP contribution in [0.1, 0.15) is 37.8 Å². The molecule has 1 saturated carbocycles. The molecule has 0 bridgehead atoms. The van der Waals surface area contributed by atoms with Crippen molar-refractivity contribution in [2.75, 3.05) is 12.4 Å². The fourth-order valence-electron chi connectivity index (χ4n) is 4.07. The third-order valence-electron chi connectivity index (χ3n) is 5.22. The topological polar surface area (TPSA) is 92.2 Å². The van der Waals surface area contributed by atoms with Crippen LogP contribution in [0.25, 0.3) is 16.8 Å². The fraction of sp³-hybridized carbons (Fsp3) is 0.529. The molecule has 2 N–H and O–H groups in total. The van der Waals surface area contributed by atoms with E-state index >= 15 is 0 Å². The average molecular weight is 379 g/mol. The van der Waals surface area contributed by atoms with Crippen LogP contribution in [-0.2, 0) is 10.0 Å². The second-order valence-electron chi connectivity index (χ2n) is 7.08. The summed E-state index contributed by atoms with van der Waals surface area (Å²) in [6.07, 6.45) is 6.95. The second-order valence-corrected chi connectivity index (χ2v) is 8.95. The van der Waals surface area contributed by atoms with E-state index in [4.69, 9.17) is 0 Å². The Morgan fingerprint density at radius 1 is 1.35 bits per heavy atom. The first kappa shape index (κ1) is 17.4. The molecular formula is C17H22FN5O2S. The lowest BCUT2D eigenvalue weighted by molar-refractivity contribution is 0.480. The van der Waals surface area contributed by atoms with E-state index in [2.05, 4.69) is 31.0 Å². The first-order valence-electron chi connectivity index (χ1n) is 8.84. The summed E-state index contributed by atoms with van der Waals surface area (Å²) in [4.78, 5) is 11.9. The van der Waals surface area contributed by atoms with Gasteiger partial charge in [0, 0.05) is 30.0 Å². The monoisotopic (exact) mass is 379 g/mol. The van der Waals surface area contributed by atoms with Crippen LogP contribution in [0.2, 0.25) is 0 Å². The van der Waals surface area contributed by atoms with Crippen molar-refractivity contribution >= 4 is 26.8 Å². The maximum Gasteiger partial charge on any atom is 0.211 e. The van der Waals surface area contributed by atoms with Gasteiger partial charge in [-0.3, -0.25) is 8.79 Å². The van der Waals surface area contributed by atoms with Gasteiger partial charge in [-0.25, -0.2) is 23.1 Å². The predicted molar refractivity (Wildman–Crippen MR) is 97.3 cm³/mol. The second kappa shape index (κ2) is 6.62. The Labute approximate surface area is 151 Å². The SMILES string of the molecule is C[C@@H]1C[C@H](NS(=O)(=O)CCCF)C[C@@H]1c1cnc2cnc3[nH]ccc3n12. The lowest BCUT2D eigenvalue weighted by atomic mass is 9.95. The lowest BCUT2D eigenvalue weighted by Crippen LogP contribution is -2.35. The van der Waals surface area contributed by atoms with E-state index < -0.39 is 16.7 Å². The number of alkyl halides is 1. The molecule has 0 aromatic carbocycles. The first-order chi connectivity index (χ1) is 12.5. The van der Waals surface area contributed by atoms with Gasteiger partial charge < -0.3 is 4.98 Å². The molecule has 0 spiro atoms. The van der Waals surface area contributed by atoms with Crippen LogP contribution in [0.4, 0.5) is 4.39 Å². The molecular weight excluding hydrogens is 357 g/mol. The van der Waals surface area contributed by atoms with Gasteiger partial charge in [0.05, 0.1) is 24.1 Å². The molecule has 0 unspecified atom stereocenters. The van der Waals surface area contributed by atoms with Crippen LogP contribution in [0, 0.1) is 5.92 Å². The van der Waals surface area contributed by atoms with Crippen molar-refractivity contribution in [3.05, 3.63) is 30.4 Å². The number of sulfonamides is 1. The summed E-state index contributed by atoms with van der Waals surface area (Å²) in [6, 6.07) is 1.84. The summed E-state index contributed by atoms with van der Waals surface area (Å²) in [5.74, 6) is 0.343. The summed E-state index contributed by atoms with van der Waals surface area (Å²) >= 11 is 0. The number of H-pyrrole nitrogens is 1. The predicted octanol–water partition coefficient (Wildman–Crippen LogP) is 2.37. The number of fused-ring (bicyclic) bond motifs is 3. The molecule has 0 amide bonds. The van der Waals surface area contributed by atoms with Gasteiger partial charge in [0.15, 0.2) is 11.3 Å². The number of nitrogens with one attached hydrogen (secondary N) is 2. The van der Waals surface area contributed by atoms with Gasteiger partial charge in [0.2, 0.25) is 10.0 Å². The highest BCUT2D eigenvalue weighted by Gasteiger charge is 2.36. The van der Waals surface area contributed by atoms with Crippen molar-refractivity contribution < 1.29 is 12.8 Å². The minimum atomic E-state index is -3.44. The summed E-state index contributed by atoms with van der Waals surface area (Å²) in [5.41, 5.74) is 3.62. The highest BCUT2D eigenvalue weighted by atomic mass is 32.2.